The number of nitrogens with one attached hydrogen (secondary N) is 2. The number of carbonyl (C=O) groups excluding carboxylic acids is 1. The van der Waals surface area contributed by atoms with Gasteiger partial charge in [0.2, 0.25) is 5.91 Å². The van der Waals surface area contributed by atoms with Crippen LogP contribution in [0.5, 0.6) is 0 Å². The summed E-state index contributed by atoms with van der Waals surface area (Å²) in [6.07, 6.45) is 2.36. The number of H-pyrrole nitrogens is 1. The Labute approximate surface area is 171 Å². The lowest BCUT2D eigenvalue weighted by Crippen LogP contribution is -2.20. The van der Waals surface area contributed by atoms with Crippen LogP contribution in [-0.2, 0) is 11.2 Å². The van der Waals surface area contributed by atoms with E-state index in [4.69, 9.17) is 0 Å². The number of carbonyl (C=O) groups is 1. The fourth-order valence-electron chi connectivity index (χ4n) is 2.88. The fraction of sp³-hybridized carbons (Fsp3) is 0.190. The van der Waals surface area contributed by atoms with Gasteiger partial charge in [-0.25, -0.2) is 10.1 Å². The Bertz CT molecular complexity index is 1070. The minimum absolute atomic E-state index is 0.197. The van der Waals surface area contributed by atoms with E-state index in [1.165, 1.54) is 10.9 Å². The fourth-order valence-corrected chi connectivity index (χ4v) is 3.35. The second kappa shape index (κ2) is 8.84. The summed E-state index contributed by atoms with van der Waals surface area (Å²) in [7, 11) is 0. The molecule has 0 atom stereocenters. The van der Waals surface area contributed by atoms with Crippen molar-refractivity contribution in [1.82, 2.24) is 15.2 Å². The Morgan fingerprint density at radius 2 is 1.96 bits per heavy atom. The number of amides is 1. The molecule has 0 aliphatic heterocycles. The van der Waals surface area contributed by atoms with Crippen LogP contribution in [-0.4, -0.2) is 21.9 Å². The van der Waals surface area contributed by atoms with Crippen LogP contribution in [0.1, 0.15) is 28.8 Å². The van der Waals surface area contributed by atoms with Gasteiger partial charge in [0.25, 0.3) is 5.56 Å². The number of halogens is 1. The van der Waals surface area contributed by atoms with Crippen molar-refractivity contribution in [3.63, 3.8) is 0 Å². The number of hydrazone groups is 1. The van der Waals surface area contributed by atoms with E-state index < -0.39 is 0 Å². The lowest BCUT2D eigenvalue weighted by Gasteiger charge is -2.06. The average molecular weight is 441 g/mol. The summed E-state index contributed by atoms with van der Waals surface area (Å²) >= 11 is 3.42. The van der Waals surface area contributed by atoms with Gasteiger partial charge in [0.05, 0.1) is 17.5 Å². The number of aromatic amines is 1. The number of nitrogens with zero attached hydrogens (tertiary/aromatic N) is 2. The summed E-state index contributed by atoms with van der Waals surface area (Å²) in [6.45, 7) is 3.73. The number of aryl methyl sites for hydroxylation is 3. The monoisotopic (exact) mass is 440 g/mol. The maximum absolute atomic E-state index is 12.7. The third kappa shape index (κ3) is 4.67. The molecule has 7 heteroatoms. The van der Waals surface area contributed by atoms with Gasteiger partial charge in [0, 0.05) is 16.6 Å². The Kier molecular flexibility index (Phi) is 6.26. The largest absolute Gasteiger partial charge is 0.295 e. The van der Waals surface area contributed by atoms with E-state index in [9.17, 15) is 9.59 Å². The SMILES string of the molecule is Cc1cc(Br)ccc1-n1[nH]c(C)c(C=NNC(=O)CCc2ccccc2)c1=O. The predicted octanol–water partition coefficient (Wildman–Crippen LogP) is 3.63. The molecule has 3 rings (SSSR count). The van der Waals surface area contributed by atoms with E-state index >= 15 is 0 Å². The third-order valence-electron chi connectivity index (χ3n) is 4.38. The van der Waals surface area contributed by atoms with E-state index in [0.29, 0.717) is 24.1 Å². The lowest BCUT2D eigenvalue weighted by molar-refractivity contribution is -0.121. The molecule has 2 aromatic carbocycles. The molecule has 0 fully saturated rings. The molecule has 0 aliphatic carbocycles. The second-order valence-corrected chi connectivity index (χ2v) is 7.42. The van der Waals surface area contributed by atoms with E-state index in [0.717, 1.165) is 21.3 Å². The van der Waals surface area contributed by atoms with Gasteiger partial charge >= 0.3 is 0 Å². The van der Waals surface area contributed by atoms with E-state index in [1.807, 2.05) is 55.5 Å². The van der Waals surface area contributed by atoms with Gasteiger partial charge < -0.3 is 0 Å². The minimum atomic E-state index is -0.217. The Hall–Kier alpha value is -2.93. The zero-order valence-corrected chi connectivity index (χ0v) is 17.3. The number of rotatable bonds is 6. The molecule has 0 saturated carbocycles. The molecule has 1 amide bonds. The molecule has 28 heavy (non-hydrogen) atoms. The number of hydrogen-bond donors (Lipinski definition) is 2. The van der Waals surface area contributed by atoms with Crippen molar-refractivity contribution in [2.24, 2.45) is 5.10 Å². The summed E-state index contributed by atoms with van der Waals surface area (Å²) < 4.78 is 2.43. The Morgan fingerprint density at radius 1 is 1.21 bits per heavy atom. The second-order valence-electron chi connectivity index (χ2n) is 6.50. The standard InChI is InChI=1S/C21H21BrN4O2/c1-14-12-17(22)9-10-19(14)26-21(28)18(15(2)25-26)13-23-24-20(27)11-8-16-6-4-3-5-7-16/h3-7,9-10,12-13,25H,8,11H2,1-2H3,(H,24,27). The normalized spacial score (nSPS) is 11.1. The Balaban J connectivity index is 1.68. The zero-order valence-electron chi connectivity index (χ0n) is 15.7. The summed E-state index contributed by atoms with van der Waals surface area (Å²) in [4.78, 5) is 24.7. The van der Waals surface area contributed by atoms with Crippen LogP contribution in [0.3, 0.4) is 0 Å². The zero-order chi connectivity index (χ0) is 20.1. The smallest absolute Gasteiger partial charge is 0.280 e. The first-order valence-corrected chi connectivity index (χ1v) is 9.69. The molecule has 1 heterocycles. The van der Waals surface area contributed by atoms with Crippen molar-refractivity contribution in [2.45, 2.75) is 26.7 Å². The molecule has 0 radical (unpaired) electrons. The molecule has 0 unspecified atom stereocenters. The number of hydrogen-bond acceptors (Lipinski definition) is 3. The molecule has 0 aliphatic rings. The minimum Gasteiger partial charge on any atom is -0.295 e. The van der Waals surface area contributed by atoms with Crippen molar-refractivity contribution in [2.75, 3.05) is 0 Å². The summed E-state index contributed by atoms with van der Waals surface area (Å²) in [6, 6.07) is 15.5. The highest BCUT2D eigenvalue weighted by atomic mass is 79.9. The van der Waals surface area contributed by atoms with Crippen molar-refractivity contribution >= 4 is 28.1 Å². The van der Waals surface area contributed by atoms with Crippen LogP contribution in [0.15, 0.2) is 62.9 Å². The summed E-state index contributed by atoms with van der Waals surface area (Å²) in [5, 5.41) is 7.01. The first kappa shape index (κ1) is 19.8. The van der Waals surface area contributed by atoms with Crippen molar-refractivity contribution in [1.29, 1.82) is 0 Å². The molecule has 0 saturated heterocycles. The molecule has 2 N–H and O–H groups in total. The highest BCUT2D eigenvalue weighted by molar-refractivity contribution is 9.10. The van der Waals surface area contributed by atoms with E-state index in [2.05, 4.69) is 31.6 Å². The van der Waals surface area contributed by atoms with Crippen LogP contribution in [0.25, 0.3) is 5.69 Å². The third-order valence-corrected chi connectivity index (χ3v) is 4.88. The van der Waals surface area contributed by atoms with Gasteiger partial charge in [-0.15, -0.1) is 0 Å². The van der Waals surface area contributed by atoms with Gasteiger partial charge in [0.1, 0.15) is 0 Å². The maximum Gasteiger partial charge on any atom is 0.280 e. The molecule has 144 valence electrons. The van der Waals surface area contributed by atoms with E-state index in [-0.39, 0.29) is 11.5 Å². The molecule has 0 spiro atoms. The molecule has 3 aromatic rings. The number of benzene rings is 2. The Morgan fingerprint density at radius 3 is 2.68 bits per heavy atom. The quantitative estimate of drug-likeness (QED) is 0.453. The first-order valence-electron chi connectivity index (χ1n) is 8.89. The van der Waals surface area contributed by atoms with Crippen molar-refractivity contribution in [3.05, 3.63) is 85.7 Å². The summed E-state index contributed by atoms with van der Waals surface area (Å²) in [5.41, 5.74) is 6.17. The summed E-state index contributed by atoms with van der Waals surface area (Å²) in [5.74, 6) is -0.197. The van der Waals surface area contributed by atoms with Gasteiger partial charge in [-0.1, -0.05) is 46.3 Å². The lowest BCUT2D eigenvalue weighted by atomic mass is 10.1. The van der Waals surface area contributed by atoms with E-state index in [1.54, 1.807) is 6.92 Å². The molecule has 1 aromatic heterocycles. The van der Waals surface area contributed by atoms with Gasteiger partial charge in [-0.05, 0) is 49.6 Å². The van der Waals surface area contributed by atoms with Crippen molar-refractivity contribution < 1.29 is 4.79 Å². The molecular formula is C21H21BrN4O2. The highest BCUT2D eigenvalue weighted by Gasteiger charge is 2.12. The van der Waals surface area contributed by atoms with Gasteiger partial charge in [-0.3, -0.25) is 14.7 Å². The highest BCUT2D eigenvalue weighted by Crippen LogP contribution is 2.18. The van der Waals surface area contributed by atoms with Crippen LogP contribution in [0, 0.1) is 13.8 Å². The number of aromatic nitrogens is 2. The van der Waals surface area contributed by atoms with Crippen LogP contribution >= 0.6 is 15.9 Å². The topological polar surface area (TPSA) is 79.2 Å². The van der Waals surface area contributed by atoms with Crippen molar-refractivity contribution in [3.8, 4) is 5.69 Å². The first-order chi connectivity index (χ1) is 13.5. The van der Waals surface area contributed by atoms with Crippen LogP contribution < -0.4 is 11.0 Å². The van der Waals surface area contributed by atoms with Gasteiger partial charge in [0.15, 0.2) is 0 Å². The molecule has 6 nitrogen and oxygen atoms in total. The predicted molar refractivity (Wildman–Crippen MR) is 114 cm³/mol. The van der Waals surface area contributed by atoms with Gasteiger partial charge in [-0.2, -0.15) is 5.10 Å². The van der Waals surface area contributed by atoms with Crippen LogP contribution in [0.2, 0.25) is 0 Å². The molecular weight excluding hydrogens is 420 g/mol. The molecule has 0 bridgehead atoms. The average Bonchev–Trinajstić information content (AvgIpc) is 2.95. The van der Waals surface area contributed by atoms with Crippen LogP contribution in [0.4, 0.5) is 0 Å². The maximum atomic E-state index is 12.7.